The number of rotatable bonds is 8. The van der Waals surface area contributed by atoms with Crippen LogP contribution in [0.25, 0.3) is 0 Å². The predicted molar refractivity (Wildman–Crippen MR) is 101 cm³/mol. The number of benzene rings is 2. The highest BCUT2D eigenvalue weighted by Gasteiger charge is 2.11. The molecule has 0 radical (unpaired) electrons. The van der Waals surface area contributed by atoms with Crippen LogP contribution in [0.15, 0.2) is 40.9 Å². The zero-order valence-corrected chi connectivity index (χ0v) is 16.4. The molecule has 0 unspecified atom stereocenters. The molecule has 0 aliphatic heterocycles. The molecule has 0 spiro atoms. The smallest absolute Gasteiger partial charge is 0.258 e. The van der Waals surface area contributed by atoms with Crippen LogP contribution in [-0.2, 0) is 11.3 Å². The summed E-state index contributed by atoms with van der Waals surface area (Å²) in [6.07, 6.45) is 0. The third kappa shape index (κ3) is 5.23. The molecule has 7 heteroatoms. The number of nitrogens with one attached hydrogen (secondary N) is 1. The number of hydrogen-bond donors (Lipinski definition) is 1. The second kappa shape index (κ2) is 9.24. The number of ketones is 1. The van der Waals surface area contributed by atoms with Crippen LogP contribution < -0.4 is 19.5 Å². The van der Waals surface area contributed by atoms with E-state index >= 15 is 0 Å². The van der Waals surface area contributed by atoms with Crippen molar-refractivity contribution in [1.29, 1.82) is 0 Å². The minimum atomic E-state index is -0.287. The van der Waals surface area contributed by atoms with E-state index in [4.69, 9.17) is 14.2 Å². The first-order valence-electron chi connectivity index (χ1n) is 7.85. The van der Waals surface area contributed by atoms with Crippen LogP contribution in [0, 0.1) is 0 Å². The Morgan fingerprint density at radius 1 is 1.00 bits per heavy atom. The highest BCUT2D eigenvalue weighted by atomic mass is 79.9. The first-order valence-corrected chi connectivity index (χ1v) is 8.64. The molecule has 0 saturated carbocycles. The lowest BCUT2D eigenvalue weighted by atomic mass is 10.1. The summed E-state index contributed by atoms with van der Waals surface area (Å²) < 4.78 is 16.9. The highest BCUT2D eigenvalue weighted by molar-refractivity contribution is 9.10. The van der Waals surface area contributed by atoms with Gasteiger partial charge >= 0.3 is 0 Å². The van der Waals surface area contributed by atoms with Gasteiger partial charge in [-0.15, -0.1) is 0 Å². The molecular formula is C19H20BrNO5. The number of halogens is 1. The van der Waals surface area contributed by atoms with Gasteiger partial charge in [0.15, 0.2) is 23.9 Å². The van der Waals surface area contributed by atoms with E-state index in [0.29, 0.717) is 29.4 Å². The number of ether oxygens (including phenoxy) is 3. The molecule has 6 nitrogen and oxygen atoms in total. The van der Waals surface area contributed by atoms with Crippen LogP contribution in [0.4, 0.5) is 0 Å². The average molecular weight is 422 g/mol. The lowest BCUT2D eigenvalue weighted by molar-refractivity contribution is -0.123. The number of carbonyl (C=O) groups excluding carboxylic acids is 2. The van der Waals surface area contributed by atoms with Crippen molar-refractivity contribution in [1.82, 2.24) is 5.32 Å². The van der Waals surface area contributed by atoms with E-state index in [-0.39, 0.29) is 18.3 Å². The van der Waals surface area contributed by atoms with Gasteiger partial charge in [-0.2, -0.15) is 0 Å². The molecule has 138 valence electrons. The standard InChI is InChI=1S/C19H20BrNO5/c1-12(22)13-4-6-17(18(9-13)25-3)26-11-19(23)21-10-14-8-15(20)5-7-16(14)24-2/h4-9H,10-11H2,1-3H3,(H,21,23). The van der Waals surface area contributed by atoms with Gasteiger partial charge in [-0.25, -0.2) is 0 Å². The van der Waals surface area contributed by atoms with Crippen molar-refractivity contribution in [2.45, 2.75) is 13.5 Å². The maximum absolute atomic E-state index is 12.1. The Labute approximate surface area is 160 Å². The van der Waals surface area contributed by atoms with Gasteiger partial charge in [0.2, 0.25) is 0 Å². The number of Topliss-reactive ketones (excluding diaryl/α,β-unsaturated/α-hetero) is 1. The lowest BCUT2D eigenvalue weighted by Gasteiger charge is -2.13. The monoisotopic (exact) mass is 421 g/mol. The van der Waals surface area contributed by atoms with Crippen molar-refractivity contribution >= 4 is 27.6 Å². The van der Waals surface area contributed by atoms with Gasteiger partial charge in [0, 0.05) is 22.1 Å². The van der Waals surface area contributed by atoms with Gasteiger partial charge in [-0.05, 0) is 43.3 Å². The van der Waals surface area contributed by atoms with Crippen molar-refractivity contribution < 1.29 is 23.8 Å². The van der Waals surface area contributed by atoms with Crippen LogP contribution in [0.3, 0.4) is 0 Å². The second-order valence-corrected chi connectivity index (χ2v) is 6.36. The molecule has 2 rings (SSSR count). The van der Waals surface area contributed by atoms with Crippen LogP contribution >= 0.6 is 15.9 Å². The fourth-order valence-corrected chi connectivity index (χ4v) is 2.69. The summed E-state index contributed by atoms with van der Waals surface area (Å²) in [6.45, 7) is 1.61. The van der Waals surface area contributed by atoms with Crippen molar-refractivity contribution in [2.24, 2.45) is 0 Å². The molecule has 0 heterocycles. The van der Waals surface area contributed by atoms with E-state index in [2.05, 4.69) is 21.2 Å². The van der Waals surface area contributed by atoms with Gasteiger partial charge in [0.05, 0.1) is 14.2 Å². The van der Waals surface area contributed by atoms with Gasteiger partial charge < -0.3 is 19.5 Å². The molecular weight excluding hydrogens is 402 g/mol. The van der Waals surface area contributed by atoms with Crippen molar-refractivity contribution in [2.75, 3.05) is 20.8 Å². The Kier molecular flexibility index (Phi) is 7.03. The summed E-state index contributed by atoms with van der Waals surface area (Å²) in [4.78, 5) is 23.5. The molecule has 2 aromatic carbocycles. The van der Waals surface area contributed by atoms with Crippen LogP contribution in [0.5, 0.6) is 17.2 Å². The van der Waals surface area contributed by atoms with E-state index in [1.807, 2.05) is 18.2 Å². The summed E-state index contributed by atoms with van der Waals surface area (Å²) in [6, 6.07) is 10.4. The van der Waals surface area contributed by atoms with E-state index in [9.17, 15) is 9.59 Å². The molecule has 0 bridgehead atoms. The molecule has 1 N–H and O–H groups in total. The molecule has 0 aliphatic carbocycles. The SMILES string of the molecule is COc1ccc(Br)cc1CNC(=O)COc1ccc(C(C)=O)cc1OC. The van der Waals surface area contributed by atoms with Crippen LogP contribution in [-0.4, -0.2) is 32.5 Å². The van der Waals surface area contributed by atoms with Gasteiger partial charge in [0.25, 0.3) is 5.91 Å². The fraction of sp³-hybridized carbons (Fsp3) is 0.263. The zero-order chi connectivity index (χ0) is 19.1. The molecule has 0 fully saturated rings. The number of hydrogen-bond acceptors (Lipinski definition) is 5. The predicted octanol–water partition coefficient (Wildman–Crippen LogP) is 3.36. The molecule has 1 amide bonds. The summed E-state index contributed by atoms with van der Waals surface area (Å²) >= 11 is 3.39. The highest BCUT2D eigenvalue weighted by Crippen LogP contribution is 2.28. The van der Waals surface area contributed by atoms with Crippen LogP contribution in [0.2, 0.25) is 0 Å². The van der Waals surface area contributed by atoms with Crippen molar-refractivity contribution in [3.63, 3.8) is 0 Å². The van der Waals surface area contributed by atoms with Crippen molar-refractivity contribution in [3.05, 3.63) is 52.0 Å². The molecule has 0 saturated heterocycles. The van der Waals surface area contributed by atoms with Gasteiger partial charge in [-0.3, -0.25) is 9.59 Å². The number of carbonyl (C=O) groups is 2. The summed E-state index contributed by atoms with van der Waals surface area (Å²) in [7, 11) is 3.06. The first-order chi connectivity index (χ1) is 12.4. The molecule has 2 aromatic rings. The Morgan fingerprint density at radius 2 is 1.69 bits per heavy atom. The van der Waals surface area contributed by atoms with E-state index in [1.165, 1.54) is 14.0 Å². The van der Waals surface area contributed by atoms with E-state index < -0.39 is 0 Å². The summed E-state index contributed by atoms with van der Waals surface area (Å²) in [5.74, 6) is 1.13. The molecule has 0 aromatic heterocycles. The summed E-state index contributed by atoms with van der Waals surface area (Å²) in [5, 5.41) is 2.78. The Bertz CT molecular complexity index is 807. The summed E-state index contributed by atoms with van der Waals surface area (Å²) in [5.41, 5.74) is 1.36. The normalized spacial score (nSPS) is 10.2. The zero-order valence-electron chi connectivity index (χ0n) is 14.8. The van der Waals surface area contributed by atoms with E-state index in [0.717, 1.165) is 10.0 Å². The number of amides is 1. The molecule has 0 atom stereocenters. The Hall–Kier alpha value is -2.54. The minimum absolute atomic E-state index is 0.0736. The largest absolute Gasteiger partial charge is 0.496 e. The maximum Gasteiger partial charge on any atom is 0.258 e. The maximum atomic E-state index is 12.1. The first kappa shape index (κ1) is 19.8. The molecule has 26 heavy (non-hydrogen) atoms. The van der Waals surface area contributed by atoms with Crippen LogP contribution in [0.1, 0.15) is 22.8 Å². The second-order valence-electron chi connectivity index (χ2n) is 5.44. The Morgan fingerprint density at radius 3 is 2.35 bits per heavy atom. The third-order valence-corrected chi connectivity index (χ3v) is 4.14. The topological polar surface area (TPSA) is 73.9 Å². The van der Waals surface area contributed by atoms with Crippen molar-refractivity contribution in [3.8, 4) is 17.2 Å². The van der Waals surface area contributed by atoms with Gasteiger partial charge in [-0.1, -0.05) is 15.9 Å². The van der Waals surface area contributed by atoms with Gasteiger partial charge in [0.1, 0.15) is 5.75 Å². The number of methoxy groups -OCH3 is 2. The molecule has 0 aliphatic rings. The Balaban J connectivity index is 1.95. The fourth-order valence-electron chi connectivity index (χ4n) is 2.28. The lowest BCUT2D eigenvalue weighted by Crippen LogP contribution is -2.28. The average Bonchev–Trinajstić information content (AvgIpc) is 2.64. The quantitative estimate of drug-likeness (QED) is 0.661. The van der Waals surface area contributed by atoms with E-state index in [1.54, 1.807) is 25.3 Å². The minimum Gasteiger partial charge on any atom is -0.496 e. The third-order valence-electron chi connectivity index (χ3n) is 3.65.